The zero-order valence-electron chi connectivity index (χ0n) is 18.4. The summed E-state index contributed by atoms with van der Waals surface area (Å²) in [6.07, 6.45) is 0. The molecule has 6 nitrogen and oxygen atoms in total. The number of para-hydroxylation sites is 1. The van der Waals surface area contributed by atoms with Crippen molar-refractivity contribution in [3.05, 3.63) is 82.1 Å². The van der Waals surface area contributed by atoms with E-state index in [1.165, 1.54) is 11.8 Å². The Kier molecular flexibility index (Phi) is 6.37. The van der Waals surface area contributed by atoms with Gasteiger partial charge in [-0.3, -0.25) is 9.36 Å². The van der Waals surface area contributed by atoms with Gasteiger partial charge in [0.25, 0.3) is 5.56 Å². The van der Waals surface area contributed by atoms with Crippen LogP contribution < -0.4 is 19.8 Å². The lowest BCUT2D eigenvalue weighted by Gasteiger charge is -2.16. The number of hydrogen-bond donors (Lipinski definition) is 0. The van der Waals surface area contributed by atoms with Gasteiger partial charge in [-0.15, -0.1) is 0 Å². The first-order valence-corrected chi connectivity index (χ1v) is 11.0. The Morgan fingerprint density at radius 2 is 1.59 bits per heavy atom. The molecule has 0 aliphatic carbocycles. The fourth-order valence-electron chi connectivity index (χ4n) is 3.56. The van der Waals surface area contributed by atoms with Crippen molar-refractivity contribution in [2.75, 3.05) is 21.3 Å². The quantitative estimate of drug-likeness (QED) is 0.292. The van der Waals surface area contributed by atoms with E-state index < -0.39 is 0 Å². The largest absolute Gasteiger partial charge is 0.496 e. The number of rotatable bonds is 7. The Hall–Kier alpha value is -3.45. The molecule has 7 heteroatoms. The summed E-state index contributed by atoms with van der Waals surface area (Å²) in [5.41, 5.74) is 3.36. The van der Waals surface area contributed by atoms with E-state index in [0.717, 1.165) is 16.9 Å². The van der Waals surface area contributed by atoms with Gasteiger partial charge in [-0.25, -0.2) is 4.98 Å². The smallest absolute Gasteiger partial charge is 0.266 e. The molecule has 0 amide bonds. The van der Waals surface area contributed by atoms with Crippen molar-refractivity contribution >= 4 is 22.7 Å². The number of ether oxygens (including phenoxy) is 3. The third-order valence-electron chi connectivity index (χ3n) is 5.16. The number of thioether (sulfide) groups is 1. The van der Waals surface area contributed by atoms with E-state index in [0.29, 0.717) is 39.0 Å². The Labute approximate surface area is 190 Å². The molecule has 0 radical (unpaired) electrons. The Balaban J connectivity index is 1.85. The summed E-state index contributed by atoms with van der Waals surface area (Å²) in [5, 5.41) is 1.14. The van der Waals surface area contributed by atoms with E-state index in [9.17, 15) is 4.79 Å². The van der Waals surface area contributed by atoms with Crippen molar-refractivity contribution in [1.82, 2.24) is 9.55 Å². The van der Waals surface area contributed by atoms with Crippen LogP contribution in [0.4, 0.5) is 0 Å². The van der Waals surface area contributed by atoms with Crippen LogP contribution in [-0.4, -0.2) is 30.9 Å². The minimum Gasteiger partial charge on any atom is -0.496 e. The zero-order valence-corrected chi connectivity index (χ0v) is 19.2. The highest BCUT2D eigenvalue weighted by Gasteiger charge is 2.16. The molecule has 0 fully saturated rings. The molecule has 164 valence electrons. The van der Waals surface area contributed by atoms with E-state index in [2.05, 4.69) is 6.07 Å². The van der Waals surface area contributed by atoms with Gasteiger partial charge in [0.15, 0.2) is 16.7 Å². The maximum atomic E-state index is 13.5. The second-order valence-corrected chi connectivity index (χ2v) is 8.14. The molecule has 4 rings (SSSR count). The summed E-state index contributed by atoms with van der Waals surface area (Å²) in [7, 11) is 4.81. The molecule has 4 aromatic rings. The molecular formula is C25H24N2O4S. The number of aromatic nitrogens is 2. The average Bonchev–Trinajstić information content (AvgIpc) is 2.82. The molecule has 0 aliphatic rings. The lowest BCUT2D eigenvalue weighted by molar-refractivity contribution is 0.354. The van der Waals surface area contributed by atoms with Crippen LogP contribution in [0.3, 0.4) is 0 Å². The summed E-state index contributed by atoms with van der Waals surface area (Å²) in [5.74, 6) is 2.55. The fourth-order valence-corrected chi connectivity index (χ4v) is 4.55. The van der Waals surface area contributed by atoms with Gasteiger partial charge in [0.05, 0.1) is 37.9 Å². The number of aryl methyl sites for hydroxylation is 1. The first-order valence-electron chi connectivity index (χ1n) is 10.1. The van der Waals surface area contributed by atoms with E-state index >= 15 is 0 Å². The van der Waals surface area contributed by atoms with E-state index in [4.69, 9.17) is 19.2 Å². The summed E-state index contributed by atoms with van der Waals surface area (Å²) in [6.45, 7) is 2.04. The molecule has 0 aliphatic heterocycles. The van der Waals surface area contributed by atoms with Gasteiger partial charge in [0, 0.05) is 17.4 Å². The molecule has 0 N–H and O–H groups in total. The van der Waals surface area contributed by atoms with Crippen molar-refractivity contribution in [2.24, 2.45) is 0 Å². The molecule has 0 unspecified atom stereocenters. The number of benzene rings is 3. The summed E-state index contributed by atoms with van der Waals surface area (Å²) in [4.78, 5) is 18.3. The summed E-state index contributed by atoms with van der Waals surface area (Å²) in [6, 6.07) is 18.8. The Morgan fingerprint density at radius 1 is 0.875 bits per heavy atom. The molecule has 0 bridgehead atoms. The van der Waals surface area contributed by atoms with Crippen LogP contribution in [0.25, 0.3) is 16.6 Å². The first kappa shape index (κ1) is 21.8. The molecule has 3 aromatic carbocycles. The van der Waals surface area contributed by atoms with Gasteiger partial charge in [0.1, 0.15) is 5.75 Å². The second kappa shape index (κ2) is 9.36. The summed E-state index contributed by atoms with van der Waals surface area (Å²) < 4.78 is 17.9. The normalized spacial score (nSPS) is 10.9. The fraction of sp³-hybridized carbons (Fsp3) is 0.200. The maximum absolute atomic E-state index is 13.5. The van der Waals surface area contributed by atoms with Crippen LogP contribution in [0.5, 0.6) is 17.2 Å². The molecule has 32 heavy (non-hydrogen) atoms. The van der Waals surface area contributed by atoms with E-state index in [-0.39, 0.29) is 5.56 Å². The predicted molar refractivity (Wildman–Crippen MR) is 128 cm³/mol. The number of methoxy groups -OCH3 is 3. The van der Waals surface area contributed by atoms with Crippen molar-refractivity contribution < 1.29 is 14.2 Å². The molecular weight excluding hydrogens is 424 g/mol. The third-order valence-corrected chi connectivity index (χ3v) is 6.15. The van der Waals surface area contributed by atoms with Gasteiger partial charge in [0.2, 0.25) is 0 Å². The predicted octanol–water partition coefficient (Wildman–Crippen LogP) is 5.01. The van der Waals surface area contributed by atoms with Crippen molar-refractivity contribution in [2.45, 2.75) is 17.8 Å². The number of fused-ring (bicyclic) bond motifs is 1. The monoisotopic (exact) mass is 448 g/mol. The number of hydrogen-bond acceptors (Lipinski definition) is 6. The molecule has 1 aromatic heterocycles. The van der Waals surface area contributed by atoms with Crippen molar-refractivity contribution in [1.29, 1.82) is 0 Å². The van der Waals surface area contributed by atoms with Crippen LogP contribution in [0.1, 0.15) is 11.1 Å². The molecule has 0 spiro atoms. The van der Waals surface area contributed by atoms with Crippen LogP contribution in [0.15, 0.2) is 70.6 Å². The Bertz CT molecular complexity index is 1330. The van der Waals surface area contributed by atoms with Gasteiger partial charge in [-0.05, 0) is 37.3 Å². The average molecular weight is 449 g/mol. The standard InChI is InChI=1S/C25H24N2O4S/c1-16-9-11-21(29-2)17(13-16)15-32-25-26-20-8-6-5-7-19(20)24(28)27(25)18-10-12-22(30-3)23(14-18)31-4/h5-14H,15H2,1-4H3. The topological polar surface area (TPSA) is 62.6 Å². The molecule has 1 heterocycles. The minimum absolute atomic E-state index is 0.137. The van der Waals surface area contributed by atoms with Crippen LogP contribution in [0.2, 0.25) is 0 Å². The molecule has 0 saturated heterocycles. The summed E-state index contributed by atoms with van der Waals surface area (Å²) >= 11 is 1.49. The van der Waals surface area contributed by atoms with E-state index in [1.807, 2.05) is 43.3 Å². The van der Waals surface area contributed by atoms with Crippen LogP contribution in [0, 0.1) is 6.92 Å². The second-order valence-electron chi connectivity index (χ2n) is 7.20. The maximum Gasteiger partial charge on any atom is 0.266 e. The third kappa shape index (κ3) is 4.16. The van der Waals surface area contributed by atoms with Crippen LogP contribution >= 0.6 is 11.8 Å². The minimum atomic E-state index is -0.137. The van der Waals surface area contributed by atoms with Crippen LogP contribution in [-0.2, 0) is 5.75 Å². The van der Waals surface area contributed by atoms with Gasteiger partial charge in [-0.2, -0.15) is 0 Å². The highest BCUT2D eigenvalue weighted by Crippen LogP contribution is 2.32. The van der Waals surface area contributed by atoms with Crippen molar-refractivity contribution in [3.8, 4) is 22.9 Å². The molecule has 0 saturated carbocycles. The SMILES string of the molecule is COc1ccc(C)cc1CSc1nc2ccccc2c(=O)n1-c1ccc(OC)c(OC)c1. The van der Waals surface area contributed by atoms with E-state index in [1.54, 1.807) is 44.1 Å². The molecule has 0 atom stereocenters. The highest BCUT2D eigenvalue weighted by atomic mass is 32.2. The van der Waals surface area contributed by atoms with Gasteiger partial charge < -0.3 is 14.2 Å². The van der Waals surface area contributed by atoms with Crippen molar-refractivity contribution in [3.63, 3.8) is 0 Å². The highest BCUT2D eigenvalue weighted by molar-refractivity contribution is 7.98. The lowest BCUT2D eigenvalue weighted by Crippen LogP contribution is -2.21. The number of nitrogens with zero attached hydrogens (tertiary/aromatic N) is 2. The first-order chi connectivity index (χ1) is 15.5. The zero-order chi connectivity index (χ0) is 22.7. The Morgan fingerprint density at radius 3 is 2.34 bits per heavy atom. The van der Waals surface area contributed by atoms with Gasteiger partial charge >= 0.3 is 0 Å². The van der Waals surface area contributed by atoms with Gasteiger partial charge in [-0.1, -0.05) is 41.6 Å². The lowest BCUT2D eigenvalue weighted by atomic mass is 10.1.